The molecule has 0 atom stereocenters. The maximum atomic E-state index is 12.2. The smallest absolute Gasteiger partial charge is 0.338 e. The van der Waals surface area contributed by atoms with Gasteiger partial charge in [0, 0.05) is 15.8 Å². The number of carbonyl (C=O) groups is 1. The van der Waals surface area contributed by atoms with Crippen LogP contribution in [0.2, 0.25) is 10.0 Å². The van der Waals surface area contributed by atoms with Crippen molar-refractivity contribution in [2.45, 2.75) is 6.61 Å². The average Bonchev–Trinajstić information content (AvgIpc) is 2.72. The molecule has 0 radical (unpaired) electrons. The van der Waals surface area contributed by atoms with Crippen LogP contribution in [0.5, 0.6) is 5.75 Å². The number of nitrogens with zero attached hydrogens (tertiary/aromatic N) is 1. The Labute approximate surface area is 171 Å². The SMILES string of the molecule is COc1ccc2nc3ccc(COC(=O)c4ccc(Cl)cc4)cc3c(Cl)c2c1. The van der Waals surface area contributed by atoms with Gasteiger partial charge in [0.05, 0.1) is 28.7 Å². The van der Waals surface area contributed by atoms with E-state index in [-0.39, 0.29) is 6.61 Å². The summed E-state index contributed by atoms with van der Waals surface area (Å²) in [6, 6.07) is 17.8. The number of aromatic nitrogens is 1. The Balaban J connectivity index is 1.63. The van der Waals surface area contributed by atoms with Gasteiger partial charge < -0.3 is 9.47 Å². The summed E-state index contributed by atoms with van der Waals surface area (Å²) in [5.74, 6) is 0.299. The van der Waals surface area contributed by atoms with Gasteiger partial charge in [0.1, 0.15) is 12.4 Å². The molecular weight excluding hydrogens is 397 g/mol. The van der Waals surface area contributed by atoms with Gasteiger partial charge in [-0.15, -0.1) is 0 Å². The molecule has 0 bridgehead atoms. The lowest BCUT2D eigenvalue weighted by Gasteiger charge is -2.10. The molecule has 0 saturated heterocycles. The molecule has 1 heterocycles. The Morgan fingerprint density at radius 2 is 1.61 bits per heavy atom. The Morgan fingerprint density at radius 1 is 0.929 bits per heavy atom. The Morgan fingerprint density at radius 3 is 2.32 bits per heavy atom. The molecule has 0 saturated carbocycles. The van der Waals surface area contributed by atoms with Gasteiger partial charge in [0.15, 0.2) is 0 Å². The minimum absolute atomic E-state index is 0.129. The summed E-state index contributed by atoms with van der Waals surface area (Å²) in [6.45, 7) is 0.129. The van der Waals surface area contributed by atoms with Crippen molar-refractivity contribution in [3.63, 3.8) is 0 Å². The zero-order valence-electron chi connectivity index (χ0n) is 14.9. The van der Waals surface area contributed by atoms with E-state index >= 15 is 0 Å². The average molecular weight is 412 g/mol. The molecule has 0 aliphatic rings. The van der Waals surface area contributed by atoms with E-state index in [0.29, 0.717) is 21.4 Å². The van der Waals surface area contributed by atoms with E-state index in [2.05, 4.69) is 4.98 Å². The number of ether oxygens (including phenoxy) is 2. The van der Waals surface area contributed by atoms with Crippen LogP contribution in [0.25, 0.3) is 21.8 Å². The molecule has 28 heavy (non-hydrogen) atoms. The first-order chi connectivity index (χ1) is 13.5. The van der Waals surface area contributed by atoms with Crippen LogP contribution in [-0.2, 0) is 11.3 Å². The number of carbonyl (C=O) groups excluding carboxylic acids is 1. The Bertz CT molecular complexity index is 1190. The highest BCUT2D eigenvalue weighted by Crippen LogP contribution is 2.33. The van der Waals surface area contributed by atoms with Crippen LogP contribution in [-0.4, -0.2) is 18.1 Å². The molecule has 0 spiro atoms. The highest BCUT2D eigenvalue weighted by molar-refractivity contribution is 6.40. The van der Waals surface area contributed by atoms with Gasteiger partial charge in [-0.3, -0.25) is 0 Å². The van der Waals surface area contributed by atoms with Gasteiger partial charge in [-0.1, -0.05) is 29.3 Å². The lowest BCUT2D eigenvalue weighted by molar-refractivity contribution is 0.0473. The zero-order chi connectivity index (χ0) is 19.7. The van der Waals surface area contributed by atoms with E-state index in [1.165, 1.54) is 0 Å². The van der Waals surface area contributed by atoms with Gasteiger partial charge in [-0.25, -0.2) is 9.78 Å². The summed E-state index contributed by atoms with van der Waals surface area (Å²) in [7, 11) is 1.61. The van der Waals surface area contributed by atoms with E-state index in [9.17, 15) is 4.79 Å². The molecule has 1 aromatic heterocycles. The lowest BCUT2D eigenvalue weighted by Crippen LogP contribution is -2.05. The van der Waals surface area contributed by atoms with Crippen LogP contribution in [0.15, 0.2) is 60.7 Å². The fourth-order valence-corrected chi connectivity index (χ4v) is 3.38. The van der Waals surface area contributed by atoms with Crippen molar-refractivity contribution in [3.05, 3.63) is 81.8 Å². The number of esters is 1. The summed E-state index contributed by atoms with van der Waals surface area (Å²) in [5, 5.41) is 2.76. The van der Waals surface area contributed by atoms with Crippen molar-refractivity contribution < 1.29 is 14.3 Å². The number of hydrogen-bond acceptors (Lipinski definition) is 4. The topological polar surface area (TPSA) is 48.4 Å². The van der Waals surface area contributed by atoms with E-state index in [1.54, 1.807) is 31.4 Å². The van der Waals surface area contributed by atoms with E-state index in [1.807, 2.05) is 36.4 Å². The molecule has 4 aromatic rings. The second kappa shape index (κ2) is 7.66. The van der Waals surface area contributed by atoms with Crippen molar-refractivity contribution in [1.82, 2.24) is 4.98 Å². The van der Waals surface area contributed by atoms with Crippen LogP contribution in [0, 0.1) is 0 Å². The first kappa shape index (κ1) is 18.5. The number of benzene rings is 3. The zero-order valence-corrected chi connectivity index (χ0v) is 16.4. The van der Waals surface area contributed by atoms with E-state index in [0.717, 1.165) is 27.4 Å². The number of methoxy groups -OCH3 is 1. The molecular formula is C22H15Cl2NO3. The predicted molar refractivity (Wildman–Crippen MR) is 111 cm³/mol. The van der Waals surface area contributed by atoms with E-state index < -0.39 is 5.97 Å². The summed E-state index contributed by atoms with van der Waals surface area (Å²) in [4.78, 5) is 16.8. The molecule has 0 amide bonds. The maximum Gasteiger partial charge on any atom is 0.338 e. The van der Waals surface area contributed by atoms with Crippen molar-refractivity contribution in [2.24, 2.45) is 0 Å². The first-order valence-corrected chi connectivity index (χ1v) is 9.29. The lowest BCUT2D eigenvalue weighted by atomic mass is 10.1. The molecule has 140 valence electrons. The fourth-order valence-electron chi connectivity index (χ4n) is 2.95. The van der Waals surface area contributed by atoms with Crippen molar-refractivity contribution in [2.75, 3.05) is 7.11 Å². The third kappa shape index (κ3) is 3.61. The second-order valence-electron chi connectivity index (χ2n) is 6.24. The highest BCUT2D eigenvalue weighted by atomic mass is 35.5. The van der Waals surface area contributed by atoms with Gasteiger partial charge in [0.2, 0.25) is 0 Å². The number of hydrogen-bond donors (Lipinski definition) is 0. The molecule has 4 nitrogen and oxygen atoms in total. The molecule has 6 heteroatoms. The highest BCUT2D eigenvalue weighted by Gasteiger charge is 2.11. The summed E-state index contributed by atoms with van der Waals surface area (Å²) in [6.07, 6.45) is 0. The first-order valence-electron chi connectivity index (χ1n) is 8.54. The van der Waals surface area contributed by atoms with Gasteiger partial charge in [-0.2, -0.15) is 0 Å². The third-order valence-electron chi connectivity index (χ3n) is 4.43. The summed E-state index contributed by atoms with van der Waals surface area (Å²) < 4.78 is 10.7. The fraction of sp³-hybridized carbons (Fsp3) is 0.0909. The number of rotatable bonds is 4. The minimum Gasteiger partial charge on any atom is -0.497 e. The quantitative estimate of drug-likeness (QED) is 0.302. The molecule has 3 aromatic carbocycles. The predicted octanol–water partition coefficient (Wildman–Crippen LogP) is 6.06. The number of halogens is 2. The van der Waals surface area contributed by atoms with Crippen LogP contribution >= 0.6 is 23.2 Å². The van der Waals surface area contributed by atoms with Crippen LogP contribution in [0.3, 0.4) is 0 Å². The molecule has 0 N–H and O–H groups in total. The molecule has 0 aliphatic carbocycles. The Hall–Kier alpha value is -2.82. The van der Waals surface area contributed by atoms with Gasteiger partial charge >= 0.3 is 5.97 Å². The van der Waals surface area contributed by atoms with Crippen LogP contribution < -0.4 is 4.74 Å². The second-order valence-corrected chi connectivity index (χ2v) is 7.06. The van der Waals surface area contributed by atoms with Crippen LogP contribution in [0.1, 0.15) is 15.9 Å². The summed E-state index contributed by atoms with van der Waals surface area (Å²) in [5.41, 5.74) is 2.83. The number of pyridine rings is 1. The van der Waals surface area contributed by atoms with Crippen LogP contribution in [0.4, 0.5) is 0 Å². The van der Waals surface area contributed by atoms with Crippen molar-refractivity contribution >= 4 is 51.0 Å². The Kier molecular flexibility index (Phi) is 5.07. The van der Waals surface area contributed by atoms with E-state index in [4.69, 9.17) is 32.7 Å². The van der Waals surface area contributed by atoms with Crippen molar-refractivity contribution in [3.8, 4) is 5.75 Å². The number of fused-ring (bicyclic) bond motifs is 2. The standard InChI is InChI=1S/C22H15Cl2NO3/c1-27-16-7-9-20-18(11-16)21(24)17-10-13(2-8-19(17)25-20)12-28-22(26)14-3-5-15(23)6-4-14/h2-11H,12H2,1H3. The molecule has 0 aliphatic heterocycles. The maximum absolute atomic E-state index is 12.2. The monoisotopic (exact) mass is 411 g/mol. The van der Waals surface area contributed by atoms with Gasteiger partial charge in [-0.05, 0) is 60.2 Å². The molecule has 0 unspecified atom stereocenters. The largest absolute Gasteiger partial charge is 0.497 e. The molecule has 4 rings (SSSR count). The minimum atomic E-state index is -0.413. The third-order valence-corrected chi connectivity index (χ3v) is 5.09. The normalized spacial score (nSPS) is 11.0. The van der Waals surface area contributed by atoms with Crippen molar-refractivity contribution in [1.29, 1.82) is 0 Å². The summed E-state index contributed by atoms with van der Waals surface area (Å²) >= 11 is 12.5. The van der Waals surface area contributed by atoms with Gasteiger partial charge in [0.25, 0.3) is 0 Å². The molecule has 0 fully saturated rings.